The Bertz CT molecular complexity index is 455. The number of amides is 2. The molecular weight excluding hydrogens is 304 g/mol. The number of anilines is 1. The van der Waals surface area contributed by atoms with Gasteiger partial charge in [-0.15, -0.1) is 0 Å². The SMILES string of the molecule is CCCCCCNC(=O)Nc1ccc(OCCOC)c(Cl)c1. The first-order chi connectivity index (χ1) is 10.7. The Morgan fingerprint density at radius 1 is 1.23 bits per heavy atom. The van der Waals surface area contributed by atoms with Crippen molar-refractivity contribution in [1.82, 2.24) is 5.32 Å². The molecule has 0 saturated heterocycles. The van der Waals surface area contributed by atoms with Crippen molar-refractivity contribution in [2.45, 2.75) is 32.6 Å². The summed E-state index contributed by atoms with van der Waals surface area (Å²) < 4.78 is 10.4. The summed E-state index contributed by atoms with van der Waals surface area (Å²) in [4.78, 5) is 11.7. The smallest absolute Gasteiger partial charge is 0.319 e. The first-order valence-corrected chi connectivity index (χ1v) is 8.01. The van der Waals surface area contributed by atoms with E-state index in [2.05, 4.69) is 17.6 Å². The summed E-state index contributed by atoms with van der Waals surface area (Å²) in [5.41, 5.74) is 0.634. The highest BCUT2D eigenvalue weighted by Gasteiger charge is 2.06. The van der Waals surface area contributed by atoms with Crippen LogP contribution in [0.15, 0.2) is 18.2 Å². The molecule has 0 aliphatic heterocycles. The lowest BCUT2D eigenvalue weighted by Gasteiger charge is -2.11. The van der Waals surface area contributed by atoms with Crippen molar-refractivity contribution < 1.29 is 14.3 Å². The predicted molar refractivity (Wildman–Crippen MR) is 90.0 cm³/mol. The number of unbranched alkanes of at least 4 members (excludes halogenated alkanes) is 3. The minimum absolute atomic E-state index is 0.222. The molecule has 0 spiro atoms. The lowest BCUT2D eigenvalue weighted by Crippen LogP contribution is -2.29. The molecule has 0 fully saturated rings. The molecule has 2 N–H and O–H groups in total. The van der Waals surface area contributed by atoms with Crippen molar-refractivity contribution in [1.29, 1.82) is 0 Å². The monoisotopic (exact) mass is 328 g/mol. The molecule has 0 saturated carbocycles. The fraction of sp³-hybridized carbons (Fsp3) is 0.562. The molecule has 0 atom stereocenters. The molecule has 1 aromatic rings. The Balaban J connectivity index is 2.36. The Hall–Kier alpha value is -1.46. The number of hydrogen-bond donors (Lipinski definition) is 2. The predicted octanol–water partition coefficient (Wildman–Crippen LogP) is 4.07. The number of carbonyl (C=O) groups excluding carboxylic acids is 1. The van der Waals surface area contributed by atoms with Crippen LogP contribution in [0.1, 0.15) is 32.6 Å². The van der Waals surface area contributed by atoms with Crippen LogP contribution in [0, 0.1) is 0 Å². The molecule has 6 heteroatoms. The standard InChI is InChI=1S/C16H25ClN2O3/c1-3-4-5-6-9-18-16(20)19-13-7-8-15(14(17)12-13)22-11-10-21-2/h7-8,12H,3-6,9-11H2,1-2H3,(H2,18,19,20). The first-order valence-electron chi connectivity index (χ1n) is 7.63. The van der Waals surface area contributed by atoms with Gasteiger partial charge in [-0.05, 0) is 24.6 Å². The third-order valence-electron chi connectivity index (χ3n) is 3.05. The molecule has 2 amide bonds. The normalized spacial score (nSPS) is 10.3. The maximum atomic E-state index is 11.7. The third-order valence-corrected chi connectivity index (χ3v) is 3.35. The van der Waals surface area contributed by atoms with Crippen molar-refractivity contribution in [2.75, 3.05) is 32.2 Å². The summed E-state index contributed by atoms with van der Waals surface area (Å²) in [6.45, 7) is 3.77. The van der Waals surface area contributed by atoms with Gasteiger partial charge in [-0.25, -0.2) is 4.79 Å². The van der Waals surface area contributed by atoms with Crippen LogP contribution < -0.4 is 15.4 Å². The molecule has 124 valence electrons. The number of ether oxygens (including phenoxy) is 2. The van der Waals surface area contributed by atoms with Crippen molar-refractivity contribution in [2.24, 2.45) is 0 Å². The highest BCUT2D eigenvalue weighted by Crippen LogP contribution is 2.27. The van der Waals surface area contributed by atoms with E-state index < -0.39 is 0 Å². The zero-order valence-corrected chi connectivity index (χ0v) is 14.0. The van der Waals surface area contributed by atoms with E-state index in [4.69, 9.17) is 21.1 Å². The largest absolute Gasteiger partial charge is 0.490 e. The molecule has 0 unspecified atom stereocenters. The van der Waals surface area contributed by atoms with Crippen LogP contribution in [0.4, 0.5) is 10.5 Å². The van der Waals surface area contributed by atoms with Gasteiger partial charge in [0.2, 0.25) is 0 Å². The molecular formula is C16H25ClN2O3. The van der Waals surface area contributed by atoms with E-state index in [0.717, 1.165) is 12.8 Å². The topological polar surface area (TPSA) is 59.6 Å². The van der Waals surface area contributed by atoms with Gasteiger partial charge in [-0.2, -0.15) is 0 Å². The summed E-state index contributed by atoms with van der Waals surface area (Å²) >= 11 is 6.12. The Labute approximate surface area is 137 Å². The van der Waals surface area contributed by atoms with E-state index in [9.17, 15) is 4.79 Å². The summed E-state index contributed by atoms with van der Waals surface area (Å²) in [5, 5.41) is 6.03. The average Bonchev–Trinajstić information content (AvgIpc) is 2.49. The quantitative estimate of drug-likeness (QED) is 0.636. The summed E-state index contributed by atoms with van der Waals surface area (Å²) in [7, 11) is 1.61. The zero-order valence-electron chi connectivity index (χ0n) is 13.3. The second kappa shape index (κ2) is 11.2. The van der Waals surface area contributed by atoms with Gasteiger partial charge < -0.3 is 20.1 Å². The minimum Gasteiger partial charge on any atom is -0.490 e. The maximum absolute atomic E-state index is 11.7. The summed E-state index contributed by atoms with van der Waals surface area (Å²) in [6.07, 6.45) is 4.51. The second-order valence-electron chi connectivity index (χ2n) is 4.93. The summed E-state index contributed by atoms with van der Waals surface area (Å²) in [5.74, 6) is 0.573. The number of nitrogens with one attached hydrogen (secondary N) is 2. The lowest BCUT2D eigenvalue weighted by atomic mass is 10.2. The molecule has 0 bridgehead atoms. The number of halogens is 1. The van der Waals surface area contributed by atoms with E-state index >= 15 is 0 Å². The van der Waals surface area contributed by atoms with E-state index in [1.807, 2.05) is 0 Å². The van der Waals surface area contributed by atoms with Crippen molar-refractivity contribution in [3.05, 3.63) is 23.2 Å². The van der Waals surface area contributed by atoms with Gasteiger partial charge in [0.05, 0.1) is 11.6 Å². The van der Waals surface area contributed by atoms with Crippen molar-refractivity contribution in [3.63, 3.8) is 0 Å². The molecule has 0 aliphatic rings. The fourth-order valence-corrected chi connectivity index (χ4v) is 2.09. The molecule has 0 heterocycles. The Morgan fingerprint density at radius 3 is 2.73 bits per heavy atom. The average molecular weight is 329 g/mol. The van der Waals surface area contributed by atoms with Gasteiger partial charge in [-0.3, -0.25) is 0 Å². The number of carbonyl (C=O) groups is 1. The van der Waals surface area contributed by atoms with Crippen LogP contribution in [0.25, 0.3) is 0 Å². The van der Waals surface area contributed by atoms with Gasteiger partial charge >= 0.3 is 6.03 Å². The number of rotatable bonds is 10. The molecule has 1 aromatic carbocycles. The van der Waals surface area contributed by atoms with Crippen molar-refractivity contribution in [3.8, 4) is 5.75 Å². The Kier molecular flexibility index (Phi) is 9.42. The van der Waals surface area contributed by atoms with Gasteiger partial charge in [-0.1, -0.05) is 37.8 Å². The number of hydrogen-bond acceptors (Lipinski definition) is 3. The second-order valence-corrected chi connectivity index (χ2v) is 5.34. The molecule has 0 radical (unpaired) electrons. The molecule has 22 heavy (non-hydrogen) atoms. The van der Waals surface area contributed by atoms with Crippen LogP contribution in [0.2, 0.25) is 5.02 Å². The van der Waals surface area contributed by atoms with E-state index in [-0.39, 0.29) is 6.03 Å². The van der Waals surface area contributed by atoms with Gasteiger partial charge in [0.25, 0.3) is 0 Å². The van der Waals surface area contributed by atoms with Gasteiger partial charge in [0, 0.05) is 19.3 Å². The zero-order chi connectivity index (χ0) is 16.2. The van der Waals surface area contributed by atoms with Crippen molar-refractivity contribution >= 4 is 23.3 Å². The molecule has 0 aliphatic carbocycles. The minimum atomic E-state index is -0.222. The van der Waals surface area contributed by atoms with E-state index in [1.54, 1.807) is 25.3 Å². The van der Waals surface area contributed by atoms with Crippen LogP contribution in [-0.4, -0.2) is 32.9 Å². The molecule has 5 nitrogen and oxygen atoms in total. The van der Waals surface area contributed by atoms with Crippen LogP contribution in [0.5, 0.6) is 5.75 Å². The molecule has 0 aromatic heterocycles. The summed E-state index contributed by atoms with van der Waals surface area (Å²) in [6, 6.07) is 4.93. The number of benzene rings is 1. The lowest BCUT2D eigenvalue weighted by molar-refractivity contribution is 0.146. The first kappa shape index (κ1) is 18.6. The highest BCUT2D eigenvalue weighted by atomic mass is 35.5. The van der Waals surface area contributed by atoms with E-state index in [0.29, 0.717) is 36.2 Å². The fourth-order valence-electron chi connectivity index (χ4n) is 1.86. The van der Waals surface area contributed by atoms with Crippen LogP contribution in [-0.2, 0) is 4.74 Å². The third kappa shape index (κ3) is 7.52. The molecule has 1 rings (SSSR count). The van der Waals surface area contributed by atoms with Gasteiger partial charge in [0.15, 0.2) is 0 Å². The van der Waals surface area contributed by atoms with Crippen LogP contribution >= 0.6 is 11.6 Å². The number of urea groups is 1. The van der Waals surface area contributed by atoms with E-state index in [1.165, 1.54) is 12.8 Å². The maximum Gasteiger partial charge on any atom is 0.319 e. The Morgan fingerprint density at radius 2 is 2.05 bits per heavy atom. The van der Waals surface area contributed by atoms with Gasteiger partial charge in [0.1, 0.15) is 12.4 Å². The number of methoxy groups -OCH3 is 1. The van der Waals surface area contributed by atoms with Crippen LogP contribution in [0.3, 0.4) is 0 Å². The highest BCUT2D eigenvalue weighted by molar-refractivity contribution is 6.32.